The fraction of sp³-hybridized carbons (Fsp3) is 1.00. The maximum absolute atomic E-state index is 12.2. The van der Waals surface area contributed by atoms with E-state index in [-0.39, 0.29) is 11.3 Å². The Hall–Kier alpha value is 0.110. The average molecular weight is 231 g/mol. The summed E-state index contributed by atoms with van der Waals surface area (Å²) >= 11 is 0. The Morgan fingerprint density at radius 1 is 1.40 bits per heavy atom. The van der Waals surface area contributed by atoms with Crippen LogP contribution >= 0.6 is 0 Å². The molecular weight excluding hydrogens is 206 g/mol. The summed E-state index contributed by atoms with van der Waals surface area (Å²) in [5.74, 6) is 0.753. The predicted molar refractivity (Wildman–Crippen MR) is 67.3 cm³/mol. The minimum absolute atomic E-state index is 0.169. The normalized spacial score (nSPS) is 36.1. The van der Waals surface area contributed by atoms with E-state index in [2.05, 4.69) is 20.8 Å². The van der Waals surface area contributed by atoms with Crippen LogP contribution in [0.5, 0.6) is 0 Å². The molecule has 0 aromatic heterocycles. The van der Waals surface area contributed by atoms with E-state index >= 15 is 0 Å². The summed E-state index contributed by atoms with van der Waals surface area (Å²) in [7, 11) is -0.729. The maximum atomic E-state index is 12.2. The second-order valence-electron chi connectivity index (χ2n) is 4.84. The van der Waals surface area contributed by atoms with E-state index in [0.717, 1.165) is 25.2 Å². The molecular formula is C12H25NOS. The zero-order valence-electron chi connectivity index (χ0n) is 10.2. The molecule has 3 heteroatoms. The van der Waals surface area contributed by atoms with Crippen LogP contribution in [0.4, 0.5) is 0 Å². The monoisotopic (exact) mass is 231 g/mol. The fourth-order valence-corrected chi connectivity index (χ4v) is 4.20. The molecule has 0 saturated heterocycles. The van der Waals surface area contributed by atoms with E-state index in [4.69, 9.17) is 5.73 Å². The standard InChI is InChI=1S/C12H25NOS/c1-4-9(3)15(14)12-8-10(5-2)6-7-11(12)13/h9-12H,4-8,13H2,1-3H3. The van der Waals surface area contributed by atoms with Gasteiger partial charge < -0.3 is 5.73 Å². The minimum Gasteiger partial charge on any atom is -0.327 e. The lowest BCUT2D eigenvalue weighted by molar-refractivity contribution is 0.323. The molecule has 0 spiro atoms. The topological polar surface area (TPSA) is 43.1 Å². The highest BCUT2D eigenvalue weighted by molar-refractivity contribution is 7.86. The lowest BCUT2D eigenvalue weighted by atomic mass is 9.84. The molecule has 1 fully saturated rings. The summed E-state index contributed by atoms with van der Waals surface area (Å²) in [6.45, 7) is 6.41. The van der Waals surface area contributed by atoms with Crippen molar-refractivity contribution in [2.75, 3.05) is 0 Å². The molecule has 1 aliphatic rings. The van der Waals surface area contributed by atoms with Crippen LogP contribution in [-0.2, 0) is 10.8 Å². The molecule has 5 unspecified atom stereocenters. The maximum Gasteiger partial charge on any atom is 0.0504 e. The van der Waals surface area contributed by atoms with Crippen molar-refractivity contribution in [2.45, 2.75) is 69.4 Å². The predicted octanol–water partition coefficient (Wildman–Crippen LogP) is 2.44. The average Bonchev–Trinajstić information content (AvgIpc) is 2.27. The van der Waals surface area contributed by atoms with E-state index in [0.29, 0.717) is 5.25 Å². The molecule has 1 aliphatic carbocycles. The highest BCUT2D eigenvalue weighted by Crippen LogP contribution is 2.30. The Morgan fingerprint density at radius 3 is 2.60 bits per heavy atom. The van der Waals surface area contributed by atoms with Crippen LogP contribution < -0.4 is 5.73 Å². The van der Waals surface area contributed by atoms with Gasteiger partial charge in [-0.2, -0.15) is 0 Å². The van der Waals surface area contributed by atoms with Gasteiger partial charge in [-0.3, -0.25) is 4.21 Å². The van der Waals surface area contributed by atoms with Crippen molar-refractivity contribution in [3.05, 3.63) is 0 Å². The van der Waals surface area contributed by atoms with Gasteiger partial charge in [0.15, 0.2) is 0 Å². The van der Waals surface area contributed by atoms with Crippen LogP contribution in [0, 0.1) is 5.92 Å². The molecule has 0 amide bonds. The summed E-state index contributed by atoms with van der Waals surface area (Å²) in [5.41, 5.74) is 6.10. The van der Waals surface area contributed by atoms with E-state index in [1.165, 1.54) is 12.8 Å². The third-order valence-electron chi connectivity index (χ3n) is 3.80. The second kappa shape index (κ2) is 6.00. The SMILES string of the molecule is CCC1CCC(N)C(S(=O)C(C)CC)C1. The Morgan fingerprint density at radius 2 is 2.07 bits per heavy atom. The van der Waals surface area contributed by atoms with E-state index in [1.54, 1.807) is 0 Å². The number of hydrogen-bond donors (Lipinski definition) is 1. The molecule has 15 heavy (non-hydrogen) atoms. The van der Waals surface area contributed by atoms with Crippen LogP contribution in [-0.4, -0.2) is 20.8 Å². The molecule has 1 saturated carbocycles. The van der Waals surface area contributed by atoms with Gasteiger partial charge in [0.25, 0.3) is 0 Å². The first kappa shape index (κ1) is 13.2. The van der Waals surface area contributed by atoms with Gasteiger partial charge in [-0.25, -0.2) is 0 Å². The van der Waals surface area contributed by atoms with E-state index in [9.17, 15) is 4.21 Å². The molecule has 5 atom stereocenters. The Balaban J connectivity index is 2.61. The van der Waals surface area contributed by atoms with E-state index in [1.807, 2.05) is 0 Å². The van der Waals surface area contributed by atoms with Crippen LogP contribution in [0.1, 0.15) is 52.9 Å². The van der Waals surface area contributed by atoms with Crippen LogP contribution in [0.2, 0.25) is 0 Å². The molecule has 0 heterocycles. The molecule has 0 bridgehead atoms. The largest absolute Gasteiger partial charge is 0.327 e. The number of hydrogen-bond acceptors (Lipinski definition) is 2. The Bertz CT molecular complexity index is 220. The smallest absolute Gasteiger partial charge is 0.0504 e. The number of rotatable bonds is 4. The summed E-state index contributed by atoms with van der Waals surface area (Å²) in [4.78, 5) is 0. The van der Waals surface area contributed by atoms with Crippen molar-refractivity contribution < 1.29 is 4.21 Å². The second-order valence-corrected chi connectivity index (χ2v) is 6.90. The van der Waals surface area contributed by atoms with Crippen molar-refractivity contribution in [3.8, 4) is 0 Å². The third-order valence-corrected chi connectivity index (χ3v) is 6.06. The van der Waals surface area contributed by atoms with Gasteiger partial charge in [0.05, 0.1) is 5.25 Å². The van der Waals surface area contributed by atoms with Gasteiger partial charge in [0, 0.05) is 22.1 Å². The molecule has 0 aliphatic heterocycles. The summed E-state index contributed by atoms with van der Waals surface area (Å²) in [6, 6.07) is 0.169. The zero-order valence-corrected chi connectivity index (χ0v) is 11.1. The lowest BCUT2D eigenvalue weighted by Gasteiger charge is -2.34. The highest BCUT2D eigenvalue weighted by Gasteiger charge is 2.33. The third kappa shape index (κ3) is 3.28. The van der Waals surface area contributed by atoms with Gasteiger partial charge in [-0.15, -0.1) is 0 Å². The molecule has 0 radical (unpaired) electrons. The molecule has 0 aromatic carbocycles. The first-order valence-electron chi connectivity index (χ1n) is 6.25. The first-order chi connectivity index (χ1) is 7.10. The van der Waals surface area contributed by atoms with Crippen molar-refractivity contribution in [1.29, 1.82) is 0 Å². The van der Waals surface area contributed by atoms with Crippen molar-refractivity contribution >= 4 is 10.8 Å². The van der Waals surface area contributed by atoms with Gasteiger partial charge in [0.2, 0.25) is 0 Å². The van der Waals surface area contributed by atoms with E-state index < -0.39 is 10.8 Å². The minimum atomic E-state index is -0.729. The first-order valence-corrected chi connectivity index (χ1v) is 7.52. The van der Waals surface area contributed by atoms with Crippen molar-refractivity contribution in [2.24, 2.45) is 11.7 Å². The Labute approximate surface area is 96.5 Å². The fourth-order valence-electron chi connectivity index (χ4n) is 2.34. The molecule has 90 valence electrons. The highest BCUT2D eigenvalue weighted by atomic mass is 32.2. The van der Waals surface area contributed by atoms with Crippen LogP contribution in [0.15, 0.2) is 0 Å². The summed E-state index contributed by atoms with van der Waals surface area (Å²) < 4.78 is 12.2. The van der Waals surface area contributed by atoms with Gasteiger partial charge in [-0.05, 0) is 31.6 Å². The quantitative estimate of drug-likeness (QED) is 0.807. The van der Waals surface area contributed by atoms with Crippen LogP contribution in [0.3, 0.4) is 0 Å². The molecule has 2 N–H and O–H groups in total. The lowest BCUT2D eigenvalue weighted by Crippen LogP contribution is -2.45. The molecule has 1 rings (SSSR count). The Kier molecular flexibility index (Phi) is 5.27. The molecule has 2 nitrogen and oxygen atoms in total. The van der Waals surface area contributed by atoms with Crippen molar-refractivity contribution in [3.63, 3.8) is 0 Å². The zero-order chi connectivity index (χ0) is 11.4. The number of nitrogens with two attached hydrogens (primary N) is 1. The van der Waals surface area contributed by atoms with Gasteiger partial charge in [-0.1, -0.05) is 27.2 Å². The van der Waals surface area contributed by atoms with Crippen LogP contribution in [0.25, 0.3) is 0 Å². The van der Waals surface area contributed by atoms with Crippen molar-refractivity contribution in [1.82, 2.24) is 0 Å². The summed E-state index contributed by atoms with van der Waals surface area (Å²) in [5, 5.41) is 0.551. The van der Waals surface area contributed by atoms with Gasteiger partial charge >= 0.3 is 0 Å². The van der Waals surface area contributed by atoms with Gasteiger partial charge in [0.1, 0.15) is 0 Å². The molecule has 0 aromatic rings. The summed E-state index contributed by atoms with van der Waals surface area (Å²) in [6.07, 6.45) is 5.57.